The summed E-state index contributed by atoms with van der Waals surface area (Å²) in [5.41, 5.74) is 32.7. The Morgan fingerprint density at radius 1 is 0.426 bits per heavy atom. The van der Waals surface area contributed by atoms with E-state index in [9.17, 15) is 0 Å². The fourth-order valence-electron chi connectivity index (χ4n) is 12.0. The molecule has 3 nitrogen and oxygen atoms in total. The van der Waals surface area contributed by atoms with Gasteiger partial charge in [0.15, 0.2) is 0 Å². The summed E-state index contributed by atoms with van der Waals surface area (Å²) in [7, 11) is 0. The van der Waals surface area contributed by atoms with E-state index in [0.717, 1.165) is 37.1 Å². The van der Waals surface area contributed by atoms with Crippen molar-refractivity contribution in [3.05, 3.63) is 138 Å². The highest BCUT2D eigenvalue weighted by atomic mass is 15.0. The number of benzene rings is 6. The minimum Gasteiger partial charge on any atom is -0.399 e. The Balaban J connectivity index is 1.20. The highest BCUT2D eigenvalue weighted by molar-refractivity contribution is 6.10. The van der Waals surface area contributed by atoms with Crippen LogP contribution in [0.2, 0.25) is 0 Å². The van der Waals surface area contributed by atoms with Gasteiger partial charge in [0, 0.05) is 38.8 Å². The van der Waals surface area contributed by atoms with Crippen molar-refractivity contribution in [2.45, 2.75) is 187 Å². The van der Waals surface area contributed by atoms with Crippen LogP contribution >= 0.6 is 0 Å². The van der Waals surface area contributed by atoms with Crippen molar-refractivity contribution >= 4 is 33.2 Å². The second kappa shape index (κ2) is 23.8. The first kappa shape index (κ1) is 49.2. The molecule has 1 heterocycles. The van der Waals surface area contributed by atoms with E-state index >= 15 is 0 Å². The SMILES string of the molecule is CCCCCCCCC1(CCCCCCCC)c2cc(N)ccc2-c2ccc(N)c(-c3ccccc3-c3ccc(-n4c5ccc(CCCCCC)cc5c5cc(CCCCCC)ccc54)cc3)c21. The molecule has 0 unspecified atom stereocenters. The number of nitrogen functional groups attached to an aromatic ring is 2. The average molecular weight is 906 g/mol. The summed E-state index contributed by atoms with van der Waals surface area (Å²) in [5.74, 6) is 0. The van der Waals surface area contributed by atoms with Crippen LogP contribution < -0.4 is 11.5 Å². The van der Waals surface area contributed by atoms with Gasteiger partial charge in [0.2, 0.25) is 0 Å². The van der Waals surface area contributed by atoms with E-state index in [2.05, 4.69) is 148 Å². The third-order valence-electron chi connectivity index (χ3n) is 15.6. The van der Waals surface area contributed by atoms with E-state index < -0.39 is 0 Å². The minimum atomic E-state index is -0.154. The molecule has 68 heavy (non-hydrogen) atoms. The number of aromatic nitrogens is 1. The second-order valence-corrected chi connectivity index (χ2v) is 20.6. The van der Waals surface area contributed by atoms with Crippen LogP contribution in [0.4, 0.5) is 11.4 Å². The number of anilines is 2. The van der Waals surface area contributed by atoms with E-state index in [1.807, 2.05) is 0 Å². The van der Waals surface area contributed by atoms with Crippen molar-refractivity contribution in [2.24, 2.45) is 0 Å². The molecule has 6 aromatic carbocycles. The Morgan fingerprint density at radius 2 is 0.926 bits per heavy atom. The number of aryl methyl sites for hydroxylation is 2. The van der Waals surface area contributed by atoms with Crippen molar-refractivity contribution in [2.75, 3.05) is 11.5 Å². The molecule has 0 atom stereocenters. The van der Waals surface area contributed by atoms with Crippen LogP contribution in [0.3, 0.4) is 0 Å². The molecule has 0 bridgehead atoms. The molecule has 1 aliphatic carbocycles. The topological polar surface area (TPSA) is 57.0 Å². The molecule has 3 heteroatoms. The highest BCUT2D eigenvalue weighted by Gasteiger charge is 2.45. The maximum atomic E-state index is 7.35. The summed E-state index contributed by atoms with van der Waals surface area (Å²) in [6, 6.07) is 44.2. The average Bonchev–Trinajstić information content (AvgIpc) is 3.82. The van der Waals surface area contributed by atoms with Gasteiger partial charge in [-0.2, -0.15) is 0 Å². The molecular weight excluding hydrogens is 823 g/mol. The third-order valence-corrected chi connectivity index (χ3v) is 15.6. The van der Waals surface area contributed by atoms with Crippen LogP contribution in [-0.2, 0) is 18.3 Å². The van der Waals surface area contributed by atoms with Gasteiger partial charge in [0.05, 0.1) is 11.0 Å². The zero-order valence-electron chi connectivity index (χ0n) is 42.5. The van der Waals surface area contributed by atoms with Gasteiger partial charge in [-0.15, -0.1) is 0 Å². The lowest BCUT2D eigenvalue weighted by molar-refractivity contribution is 0.399. The van der Waals surface area contributed by atoms with Crippen molar-refractivity contribution in [1.82, 2.24) is 4.57 Å². The van der Waals surface area contributed by atoms with Crippen molar-refractivity contribution in [3.8, 4) is 39.1 Å². The minimum absolute atomic E-state index is 0.154. The smallest absolute Gasteiger partial charge is 0.0541 e. The number of hydrogen-bond acceptors (Lipinski definition) is 2. The fraction of sp³-hybridized carbons (Fsp3) is 0.446. The van der Waals surface area contributed by atoms with E-state index in [1.54, 1.807) is 0 Å². The molecule has 358 valence electrons. The molecule has 7 aromatic rings. The van der Waals surface area contributed by atoms with Crippen LogP contribution in [0.1, 0.15) is 191 Å². The van der Waals surface area contributed by atoms with Gasteiger partial charge >= 0.3 is 0 Å². The van der Waals surface area contributed by atoms with Crippen LogP contribution in [0.5, 0.6) is 0 Å². The summed E-state index contributed by atoms with van der Waals surface area (Å²) in [6.07, 6.45) is 30.1. The molecule has 1 aromatic heterocycles. The molecule has 0 fully saturated rings. The number of unbranched alkanes of at least 4 members (excludes halogenated alkanes) is 16. The molecule has 0 aliphatic heterocycles. The summed E-state index contributed by atoms with van der Waals surface area (Å²) in [5, 5.41) is 2.75. The summed E-state index contributed by atoms with van der Waals surface area (Å²) in [4.78, 5) is 0. The first-order chi connectivity index (χ1) is 33.4. The Hall–Kier alpha value is -5.28. The Kier molecular flexibility index (Phi) is 17.2. The zero-order chi connectivity index (χ0) is 47.3. The van der Waals surface area contributed by atoms with Gasteiger partial charge in [-0.3, -0.25) is 0 Å². The number of nitrogens with zero attached hydrogens (tertiary/aromatic N) is 1. The number of rotatable bonds is 27. The van der Waals surface area contributed by atoms with Crippen molar-refractivity contribution in [1.29, 1.82) is 0 Å². The first-order valence-corrected chi connectivity index (χ1v) is 27.5. The second-order valence-electron chi connectivity index (χ2n) is 20.6. The number of nitrogens with two attached hydrogens (primary N) is 2. The van der Waals surface area contributed by atoms with Gasteiger partial charge in [-0.05, 0) is 143 Å². The van der Waals surface area contributed by atoms with Crippen molar-refractivity contribution in [3.63, 3.8) is 0 Å². The maximum absolute atomic E-state index is 7.35. The summed E-state index contributed by atoms with van der Waals surface area (Å²) in [6.45, 7) is 9.22. The van der Waals surface area contributed by atoms with Gasteiger partial charge < -0.3 is 16.0 Å². The first-order valence-electron chi connectivity index (χ1n) is 27.5. The van der Waals surface area contributed by atoms with Gasteiger partial charge in [-0.1, -0.05) is 204 Å². The molecule has 0 saturated carbocycles. The monoisotopic (exact) mass is 906 g/mol. The van der Waals surface area contributed by atoms with Crippen LogP contribution in [0.25, 0.3) is 60.9 Å². The Morgan fingerprint density at radius 3 is 1.49 bits per heavy atom. The van der Waals surface area contributed by atoms with Gasteiger partial charge in [0.1, 0.15) is 0 Å². The van der Waals surface area contributed by atoms with Crippen LogP contribution in [-0.4, -0.2) is 4.57 Å². The van der Waals surface area contributed by atoms with E-state index in [4.69, 9.17) is 11.5 Å². The predicted molar refractivity (Wildman–Crippen MR) is 298 cm³/mol. The van der Waals surface area contributed by atoms with Gasteiger partial charge in [0.25, 0.3) is 0 Å². The standard InChI is InChI=1S/C65H83N3/c1-5-9-13-17-19-25-43-65(44-26-20-18-14-10-6-2)59-47-51(66)35-38-54(59)56-39-40-60(67)63(64(56)65)55-30-24-23-29-53(55)50-33-36-52(37-34-50)68-61-41-31-48(27-21-15-11-7-3)45-57(61)58-46-49(32-42-62(58)68)28-22-16-12-8-4/h23-24,29-42,45-47H,5-22,25-28,43-44,66-67H2,1-4H3. The molecule has 0 amide bonds. The predicted octanol–water partition coefficient (Wildman–Crippen LogP) is 19.3. The highest BCUT2D eigenvalue weighted by Crippen LogP contribution is 2.59. The normalized spacial score (nSPS) is 12.9. The third kappa shape index (κ3) is 10.8. The molecule has 0 radical (unpaired) electrons. The van der Waals surface area contributed by atoms with Crippen LogP contribution in [0, 0.1) is 0 Å². The molecule has 4 N–H and O–H groups in total. The molecule has 1 aliphatic rings. The van der Waals surface area contributed by atoms with E-state index in [-0.39, 0.29) is 5.41 Å². The van der Waals surface area contributed by atoms with Crippen LogP contribution in [0.15, 0.2) is 115 Å². The lowest BCUT2D eigenvalue weighted by Gasteiger charge is -2.35. The molecule has 8 rings (SSSR count). The lowest BCUT2D eigenvalue weighted by Crippen LogP contribution is -2.27. The molecule has 0 spiro atoms. The summed E-state index contributed by atoms with van der Waals surface area (Å²) < 4.78 is 2.51. The summed E-state index contributed by atoms with van der Waals surface area (Å²) >= 11 is 0. The Bertz CT molecular complexity index is 2630. The molecule has 0 saturated heterocycles. The molecular formula is C65H83N3. The Labute approximate surface area is 411 Å². The number of fused-ring (bicyclic) bond motifs is 6. The fourth-order valence-corrected chi connectivity index (χ4v) is 12.0. The zero-order valence-corrected chi connectivity index (χ0v) is 42.5. The van der Waals surface area contributed by atoms with E-state index in [0.29, 0.717) is 0 Å². The lowest BCUT2D eigenvalue weighted by atomic mass is 9.68. The number of hydrogen-bond donors (Lipinski definition) is 2. The largest absolute Gasteiger partial charge is 0.399 e. The maximum Gasteiger partial charge on any atom is 0.0541 e. The van der Waals surface area contributed by atoms with E-state index in [1.165, 1.54) is 212 Å². The quantitative estimate of drug-likeness (QED) is 0.0399. The van der Waals surface area contributed by atoms with Gasteiger partial charge in [-0.25, -0.2) is 0 Å². The van der Waals surface area contributed by atoms with Crippen molar-refractivity contribution < 1.29 is 0 Å².